The van der Waals surface area contributed by atoms with Crippen LogP contribution in [0.25, 0.3) is 0 Å². The molecule has 0 spiro atoms. The summed E-state index contributed by atoms with van der Waals surface area (Å²) in [7, 11) is 0. The second-order valence-corrected chi connectivity index (χ2v) is 4.15. The van der Waals surface area contributed by atoms with E-state index in [0.717, 1.165) is 4.88 Å². The van der Waals surface area contributed by atoms with E-state index in [1.807, 2.05) is 6.07 Å². The number of halogens is 1. The van der Waals surface area contributed by atoms with Crippen molar-refractivity contribution < 1.29 is 5.11 Å². The van der Waals surface area contributed by atoms with E-state index >= 15 is 0 Å². The highest BCUT2D eigenvalue weighted by atomic mass is 35.5. The molecule has 0 aliphatic heterocycles. The fourth-order valence-corrected chi connectivity index (χ4v) is 1.91. The second kappa shape index (κ2) is 3.54. The zero-order valence-corrected chi connectivity index (χ0v) is 7.69. The third-order valence-corrected chi connectivity index (χ3v) is 2.77. The number of aliphatic hydroxyl groups excluding tert-OH is 1. The maximum Gasteiger partial charge on any atom is 0.0931 e. The average molecular weight is 192 g/mol. The first-order valence-corrected chi connectivity index (χ1v) is 4.49. The minimum atomic E-state index is -0.523. The number of thiophene rings is 1. The molecular formula is C7H10ClNOS. The molecule has 0 radical (unpaired) electrons. The first kappa shape index (κ1) is 9.00. The van der Waals surface area contributed by atoms with Gasteiger partial charge in [0.1, 0.15) is 0 Å². The largest absolute Gasteiger partial charge is 0.391 e. The molecule has 11 heavy (non-hydrogen) atoms. The van der Waals surface area contributed by atoms with Crippen molar-refractivity contribution >= 4 is 22.9 Å². The van der Waals surface area contributed by atoms with E-state index in [4.69, 9.17) is 22.4 Å². The molecule has 0 saturated carbocycles. The predicted octanol–water partition coefficient (Wildman–Crippen LogP) is 1.78. The van der Waals surface area contributed by atoms with E-state index < -0.39 is 6.10 Å². The van der Waals surface area contributed by atoms with Crippen molar-refractivity contribution in [1.29, 1.82) is 0 Å². The molecular weight excluding hydrogens is 182 g/mol. The van der Waals surface area contributed by atoms with Gasteiger partial charge in [0, 0.05) is 4.88 Å². The Morgan fingerprint density at radius 1 is 1.64 bits per heavy atom. The highest BCUT2D eigenvalue weighted by Gasteiger charge is 2.13. The van der Waals surface area contributed by atoms with Crippen molar-refractivity contribution in [2.24, 2.45) is 5.73 Å². The van der Waals surface area contributed by atoms with Crippen molar-refractivity contribution in [1.82, 2.24) is 0 Å². The van der Waals surface area contributed by atoms with Crippen LogP contribution in [-0.2, 0) is 0 Å². The predicted molar refractivity (Wildman–Crippen MR) is 47.9 cm³/mol. The minimum absolute atomic E-state index is 0.313. The zero-order valence-electron chi connectivity index (χ0n) is 6.12. The Morgan fingerprint density at radius 3 is 2.64 bits per heavy atom. The van der Waals surface area contributed by atoms with Gasteiger partial charge < -0.3 is 10.8 Å². The summed E-state index contributed by atoms with van der Waals surface area (Å²) in [6.07, 6.45) is -0.523. The van der Waals surface area contributed by atoms with E-state index in [2.05, 4.69) is 0 Å². The summed E-state index contributed by atoms with van der Waals surface area (Å²) in [5, 5.41) is 9.12. The lowest BCUT2D eigenvalue weighted by Gasteiger charge is -2.11. The molecule has 62 valence electrons. The average Bonchev–Trinajstić information content (AvgIpc) is 2.34. The SMILES string of the molecule is CC(O)[C@@H](N)c1ccc(Cl)s1. The lowest BCUT2D eigenvalue weighted by molar-refractivity contribution is 0.165. The Hall–Kier alpha value is -0.0900. The van der Waals surface area contributed by atoms with Crippen molar-refractivity contribution in [3.8, 4) is 0 Å². The van der Waals surface area contributed by atoms with Gasteiger partial charge in [-0.3, -0.25) is 0 Å². The Kier molecular flexibility index (Phi) is 2.90. The molecule has 0 saturated heterocycles. The van der Waals surface area contributed by atoms with Crippen molar-refractivity contribution in [3.63, 3.8) is 0 Å². The molecule has 2 atom stereocenters. The molecule has 1 unspecified atom stereocenters. The van der Waals surface area contributed by atoms with Crippen LogP contribution in [-0.4, -0.2) is 11.2 Å². The number of hydrogen-bond acceptors (Lipinski definition) is 3. The third kappa shape index (κ3) is 2.17. The number of rotatable bonds is 2. The van der Waals surface area contributed by atoms with Crippen molar-refractivity contribution in [2.75, 3.05) is 0 Å². The zero-order chi connectivity index (χ0) is 8.43. The molecule has 1 rings (SSSR count). The first-order chi connectivity index (χ1) is 5.11. The standard InChI is InChI=1S/C7H10ClNOS/c1-4(10)7(9)5-2-3-6(8)11-5/h2-4,7,10H,9H2,1H3/t4?,7-/m1/s1. The van der Waals surface area contributed by atoms with Gasteiger partial charge in [-0.2, -0.15) is 0 Å². The molecule has 4 heteroatoms. The molecule has 0 amide bonds. The van der Waals surface area contributed by atoms with Crippen molar-refractivity contribution in [2.45, 2.75) is 19.1 Å². The topological polar surface area (TPSA) is 46.2 Å². The Balaban J connectivity index is 2.76. The molecule has 0 aromatic carbocycles. The highest BCUT2D eigenvalue weighted by molar-refractivity contribution is 7.16. The van der Waals surface area contributed by atoms with Crippen molar-refractivity contribution in [3.05, 3.63) is 21.3 Å². The lowest BCUT2D eigenvalue weighted by atomic mass is 10.2. The molecule has 0 aliphatic carbocycles. The van der Waals surface area contributed by atoms with Gasteiger partial charge in [0.05, 0.1) is 16.5 Å². The van der Waals surface area contributed by atoms with Crippen LogP contribution < -0.4 is 5.73 Å². The first-order valence-electron chi connectivity index (χ1n) is 3.30. The maximum atomic E-state index is 9.12. The number of hydrogen-bond donors (Lipinski definition) is 2. The van der Waals surface area contributed by atoms with E-state index in [9.17, 15) is 0 Å². The fraction of sp³-hybridized carbons (Fsp3) is 0.429. The second-order valence-electron chi connectivity index (χ2n) is 2.41. The maximum absolute atomic E-state index is 9.12. The van der Waals surface area contributed by atoms with Crippen LogP contribution in [0.3, 0.4) is 0 Å². The number of nitrogens with two attached hydrogens (primary N) is 1. The summed E-state index contributed by atoms with van der Waals surface area (Å²) < 4.78 is 0.705. The van der Waals surface area contributed by atoms with Gasteiger partial charge in [0.25, 0.3) is 0 Å². The van der Waals surface area contributed by atoms with Crippen LogP contribution in [0, 0.1) is 0 Å². The molecule has 2 nitrogen and oxygen atoms in total. The van der Waals surface area contributed by atoms with Crippen LogP contribution in [0.4, 0.5) is 0 Å². The molecule has 1 aromatic rings. The van der Waals surface area contributed by atoms with Gasteiger partial charge >= 0.3 is 0 Å². The van der Waals surface area contributed by atoms with Crippen LogP contribution in [0.1, 0.15) is 17.8 Å². The van der Waals surface area contributed by atoms with Crippen LogP contribution in [0.15, 0.2) is 12.1 Å². The van der Waals surface area contributed by atoms with Crippen LogP contribution >= 0.6 is 22.9 Å². The summed E-state index contributed by atoms with van der Waals surface area (Å²) in [6.45, 7) is 1.66. The lowest BCUT2D eigenvalue weighted by Crippen LogP contribution is -2.21. The summed E-state index contributed by atoms with van der Waals surface area (Å²) in [5.74, 6) is 0. The summed E-state index contributed by atoms with van der Waals surface area (Å²) in [4.78, 5) is 0.921. The molecule has 0 aliphatic rings. The molecule has 3 N–H and O–H groups in total. The Labute approximate surface area is 74.6 Å². The van der Waals surface area contributed by atoms with Gasteiger partial charge in [-0.25, -0.2) is 0 Å². The summed E-state index contributed by atoms with van der Waals surface area (Å²) in [5.41, 5.74) is 5.65. The van der Waals surface area contributed by atoms with E-state index in [0.29, 0.717) is 4.34 Å². The minimum Gasteiger partial charge on any atom is -0.391 e. The van der Waals surface area contributed by atoms with Gasteiger partial charge in [0.15, 0.2) is 0 Å². The summed E-state index contributed by atoms with van der Waals surface area (Å²) in [6, 6.07) is 3.31. The quantitative estimate of drug-likeness (QED) is 0.749. The van der Waals surface area contributed by atoms with Gasteiger partial charge in [-0.15, -0.1) is 11.3 Å². The van der Waals surface area contributed by atoms with E-state index in [-0.39, 0.29) is 6.04 Å². The Bertz CT molecular complexity index is 236. The fourth-order valence-electron chi connectivity index (χ4n) is 0.745. The summed E-state index contributed by atoms with van der Waals surface area (Å²) >= 11 is 7.10. The van der Waals surface area contributed by atoms with Gasteiger partial charge in [-0.05, 0) is 19.1 Å². The molecule has 1 heterocycles. The van der Waals surface area contributed by atoms with E-state index in [1.54, 1.807) is 13.0 Å². The van der Waals surface area contributed by atoms with Crippen LogP contribution in [0.5, 0.6) is 0 Å². The monoisotopic (exact) mass is 191 g/mol. The normalized spacial score (nSPS) is 16.4. The smallest absolute Gasteiger partial charge is 0.0931 e. The molecule has 1 aromatic heterocycles. The molecule has 0 fully saturated rings. The van der Waals surface area contributed by atoms with E-state index in [1.165, 1.54) is 11.3 Å². The highest BCUT2D eigenvalue weighted by Crippen LogP contribution is 2.26. The van der Waals surface area contributed by atoms with Crippen LogP contribution in [0.2, 0.25) is 4.34 Å². The third-order valence-electron chi connectivity index (χ3n) is 1.44. The number of aliphatic hydroxyl groups is 1. The van der Waals surface area contributed by atoms with Gasteiger partial charge in [0.2, 0.25) is 0 Å². The Morgan fingerprint density at radius 2 is 2.27 bits per heavy atom. The molecule has 0 bridgehead atoms. The van der Waals surface area contributed by atoms with Gasteiger partial charge in [-0.1, -0.05) is 11.6 Å².